The van der Waals surface area contributed by atoms with Crippen molar-refractivity contribution < 1.29 is 19.0 Å². The number of hydrogen-bond acceptors (Lipinski definition) is 4. The van der Waals surface area contributed by atoms with Crippen molar-refractivity contribution in [2.75, 3.05) is 27.9 Å². The lowest BCUT2D eigenvalue weighted by molar-refractivity contribution is 0.0729. The minimum Gasteiger partial charge on any atom is -0.497 e. The molecule has 0 unspecified atom stereocenters. The maximum atomic E-state index is 13.3. The Balaban J connectivity index is 1.41. The number of ether oxygens (including phenoxy) is 3. The van der Waals surface area contributed by atoms with Gasteiger partial charge in [-0.15, -0.1) is 0 Å². The molecule has 0 aliphatic carbocycles. The molecule has 0 fully saturated rings. The molecule has 5 rings (SSSR count). The molecule has 1 N–H and O–H groups in total. The Labute approximate surface area is 192 Å². The summed E-state index contributed by atoms with van der Waals surface area (Å²) in [5.74, 6) is 2.21. The van der Waals surface area contributed by atoms with Crippen LogP contribution in [0.4, 0.5) is 0 Å². The van der Waals surface area contributed by atoms with Gasteiger partial charge in [-0.05, 0) is 71.1 Å². The highest BCUT2D eigenvalue weighted by molar-refractivity contribution is 5.99. The molecule has 0 saturated carbocycles. The predicted octanol–water partition coefficient (Wildman–Crippen LogP) is 5.06. The van der Waals surface area contributed by atoms with Crippen molar-refractivity contribution in [1.82, 2.24) is 9.88 Å². The molecule has 4 aromatic rings. The van der Waals surface area contributed by atoms with Gasteiger partial charge >= 0.3 is 0 Å². The first-order valence-corrected chi connectivity index (χ1v) is 10.9. The zero-order valence-corrected chi connectivity index (χ0v) is 19.0. The third-order valence-corrected chi connectivity index (χ3v) is 6.26. The third kappa shape index (κ3) is 3.89. The van der Waals surface area contributed by atoms with Crippen LogP contribution >= 0.6 is 0 Å². The summed E-state index contributed by atoms with van der Waals surface area (Å²) in [6, 6.07) is 20.1. The lowest BCUT2D eigenvalue weighted by Gasteiger charge is -2.29. The van der Waals surface area contributed by atoms with E-state index in [0.717, 1.165) is 45.5 Å². The summed E-state index contributed by atoms with van der Waals surface area (Å²) in [6.07, 6.45) is 0.779. The highest BCUT2D eigenvalue weighted by Crippen LogP contribution is 2.34. The maximum Gasteiger partial charge on any atom is 0.270 e. The van der Waals surface area contributed by atoms with E-state index in [-0.39, 0.29) is 5.91 Å². The van der Waals surface area contributed by atoms with Crippen molar-refractivity contribution in [2.45, 2.75) is 13.0 Å². The highest BCUT2D eigenvalue weighted by Gasteiger charge is 2.24. The molecule has 1 aliphatic rings. The summed E-state index contributed by atoms with van der Waals surface area (Å²) in [6.45, 7) is 1.20. The van der Waals surface area contributed by atoms with Gasteiger partial charge in [0.25, 0.3) is 5.91 Å². The Morgan fingerprint density at radius 1 is 0.848 bits per heavy atom. The van der Waals surface area contributed by atoms with Gasteiger partial charge in [0, 0.05) is 24.0 Å². The Bertz CT molecular complexity index is 1340. The molecule has 1 aliphatic heterocycles. The minimum atomic E-state index is -0.00503. The van der Waals surface area contributed by atoms with Gasteiger partial charge in [-0.1, -0.05) is 18.2 Å². The standard InChI is InChI=1S/C27H26N2O4/c1-31-22-6-4-5-17(12-22)18-7-8-23-20(11-18)13-24(28-23)27(30)29-10-9-19-14-25(32-2)26(33-3)15-21(19)16-29/h4-8,11-15,28H,9-10,16H2,1-3H3. The second kappa shape index (κ2) is 8.54. The first-order valence-electron chi connectivity index (χ1n) is 10.9. The molecular weight excluding hydrogens is 416 g/mol. The number of amides is 1. The van der Waals surface area contributed by atoms with E-state index in [0.29, 0.717) is 24.5 Å². The van der Waals surface area contributed by atoms with Crippen molar-refractivity contribution in [1.29, 1.82) is 0 Å². The monoisotopic (exact) mass is 442 g/mol. The average Bonchev–Trinajstić information content (AvgIpc) is 3.30. The van der Waals surface area contributed by atoms with E-state index in [2.05, 4.69) is 23.2 Å². The quantitative estimate of drug-likeness (QED) is 0.469. The topological polar surface area (TPSA) is 63.8 Å². The largest absolute Gasteiger partial charge is 0.497 e. The van der Waals surface area contributed by atoms with Crippen molar-refractivity contribution in [3.05, 3.63) is 77.5 Å². The molecule has 0 bridgehead atoms. The van der Waals surface area contributed by atoms with Crippen LogP contribution in [0, 0.1) is 0 Å². The van der Waals surface area contributed by atoms with Crippen molar-refractivity contribution in [3.63, 3.8) is 0 Å². The number of methoxy groups -OCH3 is 3. The molecule has 168 valence electrons. The fourth-order valence-electron chi connectivity index (χ4n) is 4.46. The van der Waals surface area contributed by atoms with Crippen LogP contribution in [0.1, 0.15) is 21.6 Å². The maximum absolute atomic E-state index is 13.3. The Morgan fingerprint density at radius 2 is 1.61 bits per heavy atom. The fraction of sp³-hybridized carbons (Fsp3) is 0.222. The average molecular weight is 443 g/mol. The van der Waals surface area contributed by atoms with Gasteiger partial charge in [0.05, 0.1) is 21.3 Å². The van der Waals surface area contributed by atoms with Gasteiger partial charge in [-0.25, -0.2) is 0 Å². The molecule has 6 nitrogen and oxygen atoms in total. The molecule has 0 radical (unpaired) electrons. The fourth-order valence-corrected chi connectivity index (χ4v) is 4.46. The lowest BCUT2D eigenvalue weighted by Crippen LogP contribution is -2.36. The van der Waals surface area contributed by atoms with E-state index >= 15 is 0 Å². The normalized spacial score (nSPS) is 13.0. The van der Waals surface area contributed by atoms with E-state index in [1.807, 2.05) is 47.4 Å². The Kier molecular flexibility index (Phi) is 5.42. The number of nitrogens with zero attached hydrogens (tertiary/aromatic N) is 1. The summed E-state index contributed by atoms with van der Waals surface area (Å²) in [4.78, 5) is 18.5. The number of carbonyl (C=O) groups is 1. The molecule has 1 amide bonds. The zero-order chi connectivity index (χ0) is 22.9. The van der Waals surface area contributed by atoms with Crippen molar-refractivity contribution in [3.8, 4) is 28.4 Å². The highest BCUT2D eigenvalue weighted by atomic mass is 16.5. The molecule has 6 heteroatoms. The summed E-state index contributed by atoms with van der Waals surface area (Å²) in [5, 5.41) is 1.00. The minimum absolute atomic E-state index is 0.00503. The first-order chi connectivity index (χ1) is 16.1. The van der Waals surface area contributed by atoms with Gasteiger partial charge in [0.15, 0.2) is 11.5 Å². The van der Waals surface area contributed by atoms with Gasteiger partial charge in [0.2, 0.25) is 0 Å². The lowest BCUT2D eigenvalue weighted by atomic mass is 9.98. The van der Waals surface area contributed by atoms with Crippen molar-refractivity contribution in [2.24, 2.45) is 0 Å². The number of rotatable bonds is 5. The summed E-state index contributed by atoms with van der Waals surface area (Å²) in [7, 11) is 4.93. The van der Waals surface area contributed by atoms with Crippen LogP contribution in [0.15, 0.2) is 60.7 Å². The van der Waals surface area contributed by atoms with Crippen LogP contribution in [0.2, 0.25) is 0 Å². The predicted molar refractivity (Wildman–Crippen MR) is 128 cm³/mol. The summed E-state index contributed by atoms with van der Waals surface area (Å²) < 4.78 is 16.2. The van der Waals surface area contributed by atoms with Crippen LogP contribution in [0.25, 0.3) is 22.0 Å². The molecule has 0 saturated heterocycles. The van der Waals surface area contributed by atoms with E-state index in [9.17, 15) is 4.79 Å². The number of nitrogens with one attached hydrogen (secondary N) is 1. The molecule has 33 heavy (non-hydrogen) atoms. The zero-order valence-electron chi connectivity index (χ0n) is 19.0. The molecule has 3 aromatic carbocycles. The van der Waals surface area contributed by atoms with Crippen LogP contribution in [0.5, 0.6) is 17.2 Å². The number of H-pyrrole nitrogens is 1. The second-order valence-electron chi connectivity index (χ2n) is 8.17. The SMILES string of the molecule is COc1cccc(-c2ccc3[nH]c(C(=O)N4CCc5cc(OC)c(OC)cc5C4)cc3c2)c1. The van der Waals surface area contributed by atoms with E-state index < -0.39 is 0 Å². The number of aromatic amines is 1. The summed E-state index contributed by atoms with van der Waals surface area (Å²) >= 11 is 0. The number of benzene rings is 3. The van der Waals surface area contributed by atoms with E-state index in [1.165, 1.54) is 5.56 Å². The summed E-state index contributed by atoms with van der Waals surface area (Å²) in [5.41, 5.74) is 5.96. The first kappa shape index (κ1) is 20.9. The smallest absolute Gasteiger partial charge is 0.270 e. The van der Waals surface area contributed by atoms with E-state index in [4.69, 9.17) is 14.2 Å². The molecule has 1 aromatic heterocycles. The molecule has 2 heterocycles. The molecule has 0 spiro atoms. The third-order valence-electron chi connectivity index (χ3n) is 6.26. The molecule has 0 atom stereocenters. The van der Waals surface area contributed by atoms with Crippen LogP contribution in [0.3, 0.4) is 0 Å². The molecular formula is C27H26N2O4. The van der Waals surface area contributed by atoms with Gasteiger partial charge in [0.1, 0.15) is 11.4 Å². The van der Waals surface area contributed by atoms with Crippen LogP contribution < -0.4 is 14.2 Å². The number of hydrogen-bond donors (Lipinski definition) is 1. The van der Waals surface area contributed by atoms with E-state index in [1.54, 1.807) is 21.3 Å². The van der Waals surface area contributed by atoms with Gasteiger partial charge < -0.3 is 24.1 Å². The number of aromatic nitrogens is 1. The van der Waals surface area contributed by atoms with Crippen LogP contribution in [-0.2, 0) is 13.0 Å². The van der Waals surface area contributed by atoms with Crippen LogP contribution in [-0.4, -0.2) is 43.7 Å². The number of carbonyl (C=O) groups excluding carboxylic acids is 1. The Hall–Kier alpha value is -3.93. The van der Waals surface area contributed by atoms with Gasteiger partial charge in [-0.3, -0.25) is 4.79 Å². The van der Waals surface area contributed by atoms with Gasteiger partial charge in [-0.2, -0.15) is 0 Å². The number of fused-ring (bicyclic) bond motifs is 2. The second-order valence-corrected chi connectivity index (χ2v) is 8.17. The Morgan fingerprint density at radius 3 is 2.36 bits per heavy atom. The van der Waals surface area contributed by atoms with Crippen molar-refractivity contribution >= 4 is 16.8 Å².